The van der Waals surface area contributed by atoms with Crippen molar-refractivity contribution in [1.29, 1.82) is 0 Å². The molecule has 2 N–H and O–H groups in total. The van der Waals surface area contributed by atoms with Crippen LogP contribution in [0.2, 0.25) is 0 Å². The molecule has 1 aliphatic rings. The molecule has 1 aromatic carbocycles. The molecule has 100 valence electrons. The molecule has 0 aliphatic carbocycles. The smallest absolute Gasteiger partial charge is 0.248 e. The highest BCUT2D eigenvalue weighted by molar-refractivity contribution is 7.89. The van der Waals surface area contributed by atoms with Crippen LogP contribution in [0.5, 0.6) is 11.5 Å². The maximum absolute atomic E-state index is 12.2. The van der Waals surface area contributed by atoms with Crippen molar-refractivity contribution in [2.45, 2.75) is 17.4 Å². The summed E-state index contributed by atoms with van der Waals surface area (Å²) in [5, 5.41) is 9.70. The molecule has 1 atom stereocenters. The van der Waals surface area contributed by atoms with Crippen molar-refractivity contribution < 1.29 is 23.0 Å². The van der Waals surface area contributed by atoms with E-state index in [0.29, 0.717) is 19.6 Å². The van der Waals surface area contributed by atoms with Gasteiger partial charge in [-0.1, -0.05) is 6.07 Å². The van der Waals surface area contributed by atoms with Crippen molar-refractivity contribution in [3.63, 3.8) is 0 Å². The van der Waals surface area contributed by atoms with E-state index in [-0.39, 0.29) is 22.4 Å². The molecule has 7 heteroatoms. The Balaban J connectivity index is 2.34. The van der Waals surface area contributed by atoms with Crippen molar-refractivity contribution >= 4 is 10.0 Å². The quantitative estimate of drug-likeness (QED) is 0.833. The van der Waals surface area contributed by atoms with Crippen LogP contribution < -0.4 is 9.46 Å². The van der Waals surface area contributed by atoms with Gasteiger partial charge < -0.3 is 14.6 Å². The van der Waals surface area contributed by atoms with E-state index >= 15 is 0 Å². The Hall–Kier alpha value is -1.31. The highest BCUT2D eigenvalue weighted by Crippen LogP contribution is 2.32. The molecule has 1 aliphatic heterocycles. The summed E-state index contributed by atoms with van der Waals surface area (Å²) in [6, 6.07) is 4.05. The fraction of sp³-hybridized carbons (Fsp3) is 0.455. The van der Waals surface area contributed by atoms with Gasteiger partial charge in [-0.15, -0.1) is 0 Å². The van der Waals surface area contributed by atoms with Crippen LogP contribution >= 0.6 is 0 Å². The number of benzene rings is 1. The first-order valence-corrected chi connectivity index (χ1v) is 6.99. The second-order valence-corrected chi connectivity index (χ2v) is 5.64. The zero-order valence-corrected chi connectivity index (χ0v) is 10.7. The van der Waals surface area contributed by atoms with E-state index in [1.807, 2.05) is 0 Å². The van der Waals surface area contributed by atoms with E-state index < -0.39 is 10.0 Å². The van der Waals surface area contributed by atoms with E-state index in [4.69, 9.17) is 9.47 Å². The second-order valence-electron chi connectivity index (χ2n) is 3.99. The van der Waals surface area contributed by atoms with Crippen molar-refractivity contribution in [2.75, 3.05) is 20.3 Å². The maximum atomic E-state index is 12.2. The monoisotopic (exact) mass is 273 g/mol. The SMILES string of the molecule is COc1cccc(O)c1S(=O)(=O)NC1CCOC1. The summed E-state index contributed by atoms with van der Waals surface area (Å²) in [6.45, 7) is 0.875. The third kappa shape index (κ3) is 2.58. The fourth-order valence-electron chi connectivity index (χ4n) is 1.84. The molecule has 18 heavy (non-hydrogen) atoms. The third-order valence-electron chi connectivity index (χ3n) is 2.70. The Morgan fingerprint density at radius 1 is 1.50 bits per heavy atom. The van der Waals surface area contributed by atoms with E-state index in [9.17, 15) is 13.5 Å². The molecule has 1 fully saturated rings. The first-order valence-electron chi connectivity index (χ1n) is 5.50. The first kappa shape index (κ1) is 13.1. The van der Waals surface area contributed by atoms with Gasteiger partial charge in [0.05, 0.1) is 13.7 Å². The van der Waals surface area contributed by atoms with Crippen LogP contribution in [0.25, 0.3) is 0 Å². The zero-order chi connectivity index (χ0) is 13.2. The number of hydrogen-bond donors (Lipinski definition) is 2. The molecule has 1 unspecified atom stereocenters. The van der Waals surface area contributed by atoms with Crippen LogP contribution in [0.3, 0.4) is 0 Å². The molecular formula is C11H15NO5S. The molecular weight excluding hydrogens is 258 g/mol. The minimum absolute atomic E-state index is 0.112. The first-order chi connectivity index (χ1) is 8.54. The van der Waals surface area contributed by atoms with Crippen LogP contribution in [0.15, 0.2) is 23.1 Å². The lowest BCUT2D eigenvalue weighted by atomic mass is 10.3. The van der Waals surface area contributed by atoms with E-state index in [1.165, 1.54) is 25.3 Å². The Bertz CT molecular complexity index is 522. The number of ether oxygens (including phenoxy) is 2. The van der Waals surface area contributed by atoms with Crippen molar-refractivity contribution in [3.8, 4) is 11.5 Å². The van der Waals surface area contributed by atoms with Crippen LogP contribution in [-0.4, -0.2) is 39.9 Å². The summed E-state index contributed by atoms with van der Waals surface area (Å²) in [5.41, 5.74) is 0. The molecule has 0 radical (unpaired) electrons. The van der Waals surface area contributed by atoms with Gasteiger partial charge in [-0.25, -0.2) is 13.1 Å². The van der Waals surface area contributed by atoms with E-state index in [2.05, 4.69) is 4.72 Å². The Labute approximate surface area is 106 Å². The Morgan fingerprint density at radius 2 is 2.28 bits per heavy atom. The summed E-state index contributed by atoms with van der Waals surface area (Å²) in [7, 11) is -2.47. The average Bonchev–Trinajstić information content (AvgIpc) is 2.80. The number of aromatic hydroxyl groups is 1. The number of methoxy groups -OCH3 is 1. The number of hydrogen-bond acceptors (Lipinski definition) is 5. The lowest BCUT2D eigenvalue weighted by Crippen LogP contribution is -2.35. The largest absolute Gasteiger partial charge is 0.506 e. The summed E-state index contributed by atoms with van der Waals surface area (Å²) in [4.78, 5) is -0.237. The average molecular weight is 273 g/mol. The minimum atomic E-state index is -3.82. The van der Waals surface area contributed by atoms with Crippen LogP contribution in [0, 0.1) is 0 Å². The number of rotatable bonds is 4. The number of sulfonamides is 1. The molecule has 1 heterocycles. The zero-order valence-electron chi connectivity index (χ0n) is 9.92. The van der Waals surface area contributed by atoms with Crippen LogP contribution in [-0.2, 0) is 14.8 Å². The number of phenolic OH excluding ortho intramolecular Hbond substituents is 1. The van der Waals surface area contributed by atoms with Crippen molar-refractivity contribution in [1.82, 2.24) is 4.72 Å². The summed E-state index contributed by atoms with van der Waals surface area (Å²) < 4.78 is 36.9. The van der Waals surface area contributed by atoms with Crippen molar-refractivity contribution in [3.05, 3.63) is 18.2 Å². The lowest BCUT2D eigenvalue weighted by Gasteiger charge is -2.14. The van der Waals surface area contributed by atoms with Gasteiger partial charge in [0, 0.05) is 12.6 Å². The van der Waals surface area contributed by atoms with Gasteiger partial charge in [0.15, 0.2) is 4.90 Å². The van der Waals surface area contributed by atoms with E-state index in [1.54, 1.807) is 0 Å². The molecule has 0 spiro atoms. The molecule has 1 saturated heterocycles. The van der Waals surface area contributed by atoms with Gasteiger partial charge in [-0.2, -0.15) is 0 Å². The standard InChI is InChI=1S/C11H15NO5S/c1-16-10-4-2-3-9(13)11(10)18(14,15)12-8-5-6-17-7-8/h2-4,8,12-13H,5-7H2,1H3. The molecule has 1 aromatic rings. The number of nitrogens with one attached hydrogen (secondary N) is 1. The highest BCUT2D eigenvalue weighted by Gasteiger charge is 2.28. The van der Waals surface area contributed by atoms with Gasteiger partial charge in [-0.3, -0.25) is 0 Å². The minimum Gasteiger partial charge on any atom is -0.506 e. The summed E-state index contributed by atoms with van der Waals surface area (Å²) >= 11 is 0. The molecule has 0 bridgehead atoms. The van der Waals surface area contributed by atoms with Gasteiger partial charge in [0.2, 0.25) is 10.0 Å². The van der Waals surface area contributed by atoms with Gasteiger partial charge in [0.1, 0.15) is 11.5 Å². The van der Waals surface area contributed by atoms with Gasteiger partial charge >= 0.3 is 0 Å². The molecule has 6 nitrogen and oxygen atoms in total. The topological polar surface area (TPSA) is 84.9 Å². The van der Waals surface area contributed by atoms with E-state index in [0.717, 1.165) is 0 Å². The third-order valence-corrected chi connectivity index (χ3v) is 4.29. The van der Waals surface area contributed by atoms with Crippen LogP contribution in [0.1, 0.15) is 6.42 Å². The maximum Gasteiger partial charge on any atom is 0.248 e. The number of phenols is 1. The predicted molar refractivity (Wildman–Crippen MR) is 64.2 cm³/mol. The lowest BCUT2D eigenvalue weighted by molar-refractivity contribution is 0.192. The Kier molecular flexibility index (Phi) is 3.74. The van der Waals surface area contributed by atoms with Crippen LogP contribution in [0.4, 0.5) is 0 Å². The van der Waals surface area contributed by atoms with Crippen molar-refractivity contribution in [2.24, 2.45) is 0 Å². The molecule has 0 aromatic heterocycles. The normalized spacial score (nSPS) is 19.9. The summed E-state index contributed by atoms with van der Waals surface area (Å²) in [5.74, 6) is -0.220. The second kappa shape index (κ2) is 5.13. The van der Waals surface area contributed by atoms with Gasteiger partial charge in [-0.05, 0) is 18.6 Å². The Morgan fingerprint density at radius 3 is 2.89 bits per heavy atom. The fourth-order valence-corrected chi connectivity index (χ4v) is 3.34. The summed E-state index contributed by atoms with van der Waals surface area (Å²) in [6.07, 6.45) is 0.620. The van der Waals surface area contributed by atoms with Gasteiger partial charge in [0.25, 0.3) is 0 Å². The molecule has 2 rings (SSSR count). The predicted octanol–water partition coefficient (Wildman–Crippen LogP) is 0.468. The molecule has 0 amide bonds. The highest BCUT2D eigenvalue weighted by atomic mass is 32.2. The molecule has 0 saturated carbocycles.